The lowest BCUT2D eigenvalue weighted by Crippen LogP contribution is -2.27. The number of sulfonamides is 1. The van der Waals surface area contributed by atoms with Gasteiger partial charge < -0.3 is 0 Å². The van der Waals surface area contributed by atoms with Gasteiger partial charge in [0.25, 0.3) is 0 Å². The van der Waals surface area contributed by atoms with Crippen LogP contribution >= 0.6 is 15.9 Å². The molecule has 1 unspecified atom stereocenters. The second kappa shape index (κ2) is 6.17. The number of pyridine rings is 1. The molecule has 0 fully saturated rings. The first kappa shape index (κ1) is 16.0. The summed E-state index contributed by atoms with van der Waals surface area (Å²) < 4.78 is 53.7. The number of benzene rings is 1. The molecule has 21 heavy (non-hydrogen) atoms. The number of rotatable bonds is 4. The Balaban J connectivity index is 2.28. The van der Waals surface area contributed by atoms with E-state index in [9.17, 15) is 17.2 Å². The maximum absolute atomic E-state index is 13.6. The normalized spacial score (nSPS) is 13.1. The summed E-state index contributed by atoms with van der Waals surface area (Å²) in [7, 11) is -3.86. The van der Waals surface area contributed by atoms with Gasteiger partial charge in [-0.15, -0.1) is 0 Å². The fraction of sp³-hybridized carbons (Fsp3) is 0.154. The molecule has 4 nitrogen and oxygen atoms in total. The predicted octanol–water partition coefficient (Wildman–Crippen LogP) is 3.16. The monoisotopic (exact) mass is 376 g/mol. The third-order valence-electron chi connectivity index (χ3n) is 2.75. The van der Waals surface area contributed by atoms with Crippen molar-refractivity contribution in [3.8, 4) is 0 Å². The minimum absolute atomic E-state index is 0.0498. The predicted molar refractivity (Wildman–Crippen MR) is 77.0 cm³/mol. The van der Waals surface area contributed by atoms with Crippen LogP contribution in [0.15, 0.2) is 46.0 Å². The van der Waals surface area contributed by atoms with E-state index in [1.807, 2.05) is 0 Å². The van der Waals surface area contributed by atoms with E-state index >= 15 is 0 Å². The first-order valence-corrected chi connectivity index (χ1v) is 8.15. The molecule has 1 N–H and O–H groups in total. The molecule has 8 heteroatoms. The fourth-order valence-electron chi connectivity index (χ4n) is 1.76. The summed E-state index contributed by atoms with van der Waals surface area (Å²) in [6, 6.07) is 3.51. The van der Waals surface area contributed by atoms with Crippen LogP contribution in [-0.2, 0) is 10.0 Å². The summed E-state index contributed by atoms with van der Waals surface area (Å²) >= 11 is 3.13. The number of aromatic nitrogens is 1. The lowest BCUT2D eigenvalue weighted by molar-refractivity contribution is 0.539. The zero-order chi connectivity index (χ0) is 15.6. The Hall–Kier alpha value is -1.38. The third-order valence-corrected chi connectivity index (χ3v) is 4.69. The molecule has 1 atom stereocenters. The maximum Gasteiger partial charge on any atom is 0.242 e. The number of hydrogen-bond donors (Lipinski definition) is 1. The highest BCUT2D eigenvalue weighted by Gasteiger charge is 2.21. The van der Waals surface area contributed by atoms with Crippen LogP contribution in [0, 0.1) is 11.6 Å². The van der Waals surface area contributed by atoms with Crippen LogP contribution in [0.5, 0.6) is 0 Å². The number of nitrogens with zero attached hydrogens (tertiary/aromatic N) is 1. The Morgan fingerprint density at radius 3 is 2.57 bits per heavy atom. The van der Waals surface area contributed by atoms with Crippen molar-refractivity contribution in [2.75, 3.05) is 0 Å². The van der Waals surface area contributed by atoms with E-state index in [1.54, 1.807) is 0 Å². The Morgan fingerprint density at radius 1 is 1.24 bits per heavy atom. The summed E-state index contributed by atoms with van der Waals surface area (Å²) in [5, 5.41) is 0. The Kier molecular flexibility index (Phi) is 4.70. The van der Waals surface area contributed by atoms with E-state index in [0.29, 0.717) is 10.5 Å². The van der Waals surface area contributed by atoms with Crippen LogP contribution in [0.25, 0.3) is 0 Å². The molecular weight excluding hydrogens is 366 g/mol. The van der Waals surface area contributed by atoms with Crippen molar-refractivity contribution >= 4 is 26.0 Å². The smallest absolute Gasteiger partial charge is 0.242 e. The van der Waals surface area contributed by atoms with E-state index in [2.05, 4.69) is 25.6 Å². The van der Waals surface area contributed by atoms with E-state index in [-0.39, 0.29) is 10.5 Å². The molecule has 0 spiro atoms. The third kappa shape index (κ3) is 3.84. The van der Waals surface area contributed by atoms with Crippen LogP contribution in [0.1, 0.15) is 18.5 Å². The van der Waals surface area contributed by atoms with E-state index < -0.39 is 27.7 Å². The topological polar surface area (TPSA) is 59.1 Å². The highest BCUT2D eigenvalue weighted by molar-refractivity contribution is 9.10. The van der Waals surface area contributed by atoms with Crippen molar-refractivity contribution in [1.29, 1.82) is 0 Å². The largest absolute Gasteiger partial charge is 0.262 e. The summed E-state index contributed by atoms with van der Waals surface area (Å²) in [6.07, 6.45) is 2.63. The van der Waals surface area contributed by atoms with Gasteiger partial charge in [-0.3, -0.25) is 4.98 Å². The molecule has 0 bridgehead atoms. The summed E-state index contributed by atoms with van der Waals surface area (Å²) in [5.74, 6) is -1.53. The molecule has 0 aliphatic carbocycles. The highest BCUT2D eigenvalue weighted by Crippen LogP contribution is 2.21. The van der Waals surface area contributed by atoms with Crippen LogP contribution in [-0.4, -0.2) is 13.4 Å². The molecule has 0 amide bonds. The maximum atomic E-state index is 13.6. The molecule has 112 valence electrons. The van der Waals surface area contributed by atoms with Gasteiger partial charge in [0.15, 0.2) is 0 Å². The Labute approximate surface area is 129 Å². The van der Waals surface area contributed by atoms with Gasteiger partial charge in [-0.25, -0.2) is 21.9 Å². The summed E-state index contributed by atoms with van der Waals surface area (Å²) in [6.45, 7) is 1.47. The van der Waals surface area contributed by atoms with Crippen LogP contribution in [0.2, 0.25) is 0 Å². The second-order valence-electron chi connectivity index (χ2n) is 4.35. The van der Waals surface area contributed by atoms with Crippen molar-refractivity contribution in [2.45, 2.75) is 17.9 Å². The first-order valence-electron chi connectivity index (χ1n) is 5.87. The van der Waals surface area contributed by atoms with E-state index in [1.165, 1.54) is 31.5 Å². The highest BCUT2D eigenvalue weighted by atomic mass is 79.9. The fourth-order valence-corrected chi connectivity index (χ4v) is 3.48. The van der Waals surface area contributed by atoms with Gasteiger partial charge in [-0.05, 0) is 35.0 Å². The van der Waals surface area contributed by atoms with Gasteiger partial charge in [0.1, 0.15) is 16.5 Å². The lowest BCUT2D eigenvalue weighted by atomic mass is 10.1. The summed E-state index contributed by atoms with van der Waals surface area (Å²) in [5.41, 5.74) is 0.0583. The molecule has 0 saturated carbocycles. The quantitative estimate of drug-likeness (QED) is 0.891. The number of hydrogen-bond acceptors (Lipinski definition) is 3. The first-order chi connectivity index (χ1) is 9.79. The van der Waals surface area contributed by atoms with Crippen LogP contribution in [0.3, 0.4) is 0 Å². The van der Waals surface area contributed by atoms with Crippen molar-refractivity contribution in [1.82, 2.24) is 9.71 Å². The molecule has 1 aromatic heterocycles. The molecule has 2 rings (SSSR count). The van der Waals surface area contributed by atoms with Crippen molar-refractivity contribution in [3.05, 3.63) is 58.3 Å². The number of halogens is 3. The molecule has 1 heterocycles. The average molecular weight is 377 g/mol. The SMILES string of the molecule is CC(NS(=O)(=O)c1cncc(Br)c1)c1ccc(F)cc1F. The molecule has 0 radical (unpaired) electrons. The minimum Gasteiger partial charge on any atom is -0.262 e. The average Bonchev–Trinajstić information content (AvgIpc) is 2.37. The van der Waals surface area contributed by atoms with E-state index in [0.717, 1.165) is 6.07 Å². The molecule has 0 aliphatic heterocycles. The lowest BCUT2D eigenvalue weighted by Gasteiger charge is -2.15. The number of nitrogens with one attached hydrogen (secondary N) is 1. The van der Waals surface area contributed by atoms with Crippen molar-refractivity contribution in [3.63, 3.8) is 0 Å². The van der Waals surface area contributed by atoms with Gasteiger partial charge in [0, 0.05) is 34.5 Å². The molecule has 0 saturated heterocycles. The minimum atomic E-state index is -3.86. The van der Waals surface area contributed by atoms with Gasteiger partial charge in [-0.1, -0.05) is 6.07 Å². The van der Waals surface area contributed by atoms with Crippen molar-refractivity contribution in [2.24, 2.45) is 0 Å². The standard InChI is InChI=1S/C13H11BrF2N2O2S/c1-8(12-3-2-10(15)5-13(12)16)18-21(19,20)11-4-9(14)6-17-7-11/h2-8,18H,1H3. The van der Waals surface area contributed by atoms with Crippen LogP contribution in [0.4, 0.5) is 8.78 Å². The molecule has 2 aromatic rings. The molecule has 1 aromatic carbocycles. The summed E-state index contributed by atoms with van der Waals surface area (Å²) in [4.78, 5) is 3.72. The van der Waals surface area contributed by atoms with Crippen molar-refractivity contribution < 1.29 is 17.2 Å². The van der Waals surface area contributed by atoms with Gasteiger partial charge in [-0.2, -0.15) is 0 Å². The van der Waals surface area contributed by atoms with Gasteiger partial charge in [0.2, 0.25) is 10.0 Å². The second-order valence-corrected chi connectivity index (χ2v) is 6.98. The van der Waals surface area contributed by atoms with Crippen LogP contribution < -0.4 is 4.72 Å². The van der Waals surface area contributed by atoms with Gasteiger partial charge >= 0.3 is 0 Å². The Morgan fingerprint density at radius 2 is 1.95 bits per heavy atom. The van der Waals surface area contributed by atoms with Gasteiger partial charge in [0.05, 0.1) is 0 Å². The Bertz CT molecular complexity index is 769. The molecule has 0 aliphatic rings. The van der Waals surface area contributed by atoms with E-state index in [4.69, 9.17) is 0 Å². The zero-order valence-corrected chi connectivity index (χ0v) is 13.2. The zero-order valence-electron chi connectivity index (χ0n) is 10.8. The molecular formula is C13H11BrF2N2O2S.